The summed E-state index contributed by atoms with van der Waals surface area (Å²) >= 11 is 0. The van der Waals surface area contributed by atoms with Crippen LogP contribution in [-0.2, 0) is 9.53 Å². The molecule has 3 nitrogen and oxygen atoms in total. The molecule has 1 aliphatic carbocycles. The number of aliphatic hydroxyl groups excluding tert-OH is 1. The molecule has 66 valence electrons. The largest absolute Gasteiger partial charge is 0.463 e. The lowest BCUT2D eigenvalue weighted by Crippen LogP contribution is -2.15. The zero-order chi connectivity index (χ0) is 8.81. The number of allylic oxidation sites excluding steroid dienone is 3. The van der Waals surface area contributed by atoms with Crippen molar-refractivity contribution in [1.29, 1.82) is 0 Å². The second-order valence-corrected chi connectivity index (χ2v) is 2.65. The minimum Gasteiger partial charge on any atom is -0.463 e. The Morgan fingerprint density at radius 3 is 3.00 bits per heavy atom. The van der Waals surface area contributed by atoms with E-state index in [0.717, 1.165) is 6.42 Å². The Hall–Kier alpha value is -1.09. The molecule has 3 heteroatoms. The number of rotatable bonds is 3. The second kappa shape index (κ2) is 4.72. The molecule has 1 rings (SSSR count). The van der Waals surface area contributed by atoms with Gasteiger partial charge in [0.2, 0.25) is 0 Å². The van der Waals surface area contributed by atoms with Crippen molar-refractivity contribution in [2.75, 3.05) is 13.2 Å². The van der Waals surface area contributed by atoms with Crippen molar-refractivity contribution < 1.29 is 14.6 Å². The molecule has 0 aliphatic heterocycles. The Kier molecular flexibility index (Phi) is 3.54. The third-order valence-corrected chi connectivity index (χ3v) is 1.66. The molecule has 0 fully saturated rings. The van der Waals surface area contributed by atoms with E-state index in [1.807, 2.05) is 24.3 Å². The van der Waals surface area contributed by atoms with Gasteiger partial charge in [0.1, 0.15) is 6.61 Å². The zero-order valence-corrected chi connectivity index (χ0v) is 6.77. The summed E-state index contributed by atoms with van der Waals surface area (Å²) in [6.07, 6.45) is 8.81. The first-order valence-electron chi connectivity index (χ1n) is 3.92. The summed E-state index contributed by atoms with van der Waals surface area (Å²) < 4.78 is 4.76. The first-order valence-corrected chi connectivity index (χ1v) is 3.92. The van der Waals surface area contributed by atoms with Crippen molar-refractivity contribution in [3.63, 3.8) is 0 Å². The van der Waals surface area contributed by atoms with Crippen molar-refractivity contribution in [2.45, 2.75) is 6.42 Å². The highest BCUT2D eigenvalue weighted by molar-refractivity contribution is 5.70. The Labute approximate surface area is 71.3 Å². The zero-order valence-electron chi connectivity index (χ0n) is 6.77. The van der Waals surface area contributed by atoms with Gasteiger partial charge in [-0.2, -0.15) is 0 Å². The van der Waals surface area contributed by atoms with Crippen LogP contribution in [0.5, 0.6) is 0 Å². The third-order valence-electron chi connectivity index (χ3n) is 1.66. The first-order chi connectivity index (χ1) is 5.83. The SMILES string of the molecule is O=C(CO)OCC1C=CC=CC1. The molecule has 0 aromatic carbocycles. The molecule has 1 unspecified atom stereocenters. The van der Waals surface area contributed by atoms with Gasteiger partial charge in [0.15, 0.2) is 0 Å². The van der Waals surface area contributed by atoms with Crippen LogP contribution >= 0.6 is 0 Å². The van der Waals surface area contributed by atoms with Crippen LogP contribution in [0, 0.1) is 5.92 Å². The van der Waals surface area contributed by atoms with Crippen LogP contribution in [0.1, 0.15) is 6.42 Å². The average molecular weight is 168 g/mol. The lowest BCUT2D eigenvalue weighted by molar-refractivity contribution is -0.147. The van der Waals surface area contributed by atoms with E-state index in [0.29, 0.717) is 6.61 Å². The molecule has 0 saturated heterocycles. The van der Waals surface area contributed by atoms with Gasteiger partial charge in [-0.25, -0.2) is 4.79 Å². The quantitative estimate of drug-likeness (QED) is 0.629. The normalized spacial score (nSPS) is 20.9. The van der Waals surface area contributed by atoms with Crippen molar-refractivity contribution in [3.05, 3.63) is 24.3 Å². The first kappa shape index (κ1) is 9.00. The monoisotopic (exact) mass is 168 g/mol. The highest BCUT2D eigenvalue weighted by Crippen LogP contribution is 2.11. The van der Waals surface area contributed by atoms with Gasteiger partial charge >= 0.3 is 5.97 Å². The van der Waals surface area contributed by atoms with Crippen molar-refractivity contribution in [2.24, 2.45) is 5.92 Å². The lowest BCUT2D eigenvalue weighted by atomic mass is 10.0. The van der Waals surface area contributed by atoms with Crippen molar-refractivity contribution in [3.8, 4) is 0 Å². The summed E-state index contributed by atoms with van der Waals surface area (Å²) in [7, 11) is 0. The van der Waals surface area contributed by atoms with Crippen molar-refractivity contribution >= 4 is 5.97 Å². The van der Waals surface area contributed by atoms with Gasteiger partial charge in [-0.1, -0.05) is 24.3 Å². The van der Waals surface area contributed by atoms with E-state index in [2.05, 4.69) is 0 Å². The van der Waals surface area contributed by atoms with Gasteiger partial charge in [-0.3, -0.25) is 0 Å². The number of carbonyl (C=O) groups is 1. The van der Waals surface area contributed by atoms with Crippen LogP contribution in [0.4, 0.5) is 0 Å². The number of esters is 1. The fraction of sp³-hybridized carbons (Fsp3) is 0.444. The van der Waals surface area contributed by atoms with E-state index in [4.69, 9.17) is 9.84 Å². The van der Waals surface area contributed by atoms with Gasteiger partial charge in [0, 0.05) is 5.92 Å². The predicted molar refractivity (Wildman–Crippen MR) is 44.4 cm³/mol. The summed E-state index contributed by atoms with van der Waals surface area (Å²) in [5.74, 6) is -0.288. The Bertz CT molecular complexity index is 206. The molecule has 0 heterocycles. The van der Waals surface area contributed by atoms with Crippen LogP contribution in [0.15, 0.2) is 24.3 Å². The molecule has 1 N–H and O–H groups in total. The molecule has 0 amide bonds. The number of hydrogen-bond acceptors (Lipinski definition) is 3. The van der Waals surface area contributed by atoms with Gasteiger partial charge < -0.3 is 9.84 Å². The fourth-order valence-corrected chi connectivity index (χ4v) is 1.00. The highest BCUT2D eigenvalue weighted by Gasteiger charge is 2.07. The van der Waals surface area contributed by atoms with Gasteiger partial charge in [-0.15, -0.1) is 0 Å². The van der Waals surface area contributed by atoms with E-state index < -0.39 is 12.6 Å². The van der Waals surface area contributed by atoms with E-state index in [1.165, 1.54) is 0 Å². The molecule has 1 aliphatic rings. The molecule has 0 aromatic rings. The third kappa shape index (κ3) is 2.88. The molecule has 0 aromatic heterocycles. The van der Waals surface area contributed by atoms with E-state index in [9.17, 15) is 4.79 Å². The maximum absolute atomic E-state index is 10.5. The van der Waals surface area contributed by atoms with E-state index in [-0.39, 0.29) is 5.92 Å². The summed E-state index contributed by atoms with van der Waals surface area (Å²) in [6, 6.07) is 0. The molecule has 0 bridgehead atoms. The molecule has 1 atom stereocenters. The smallest absolute Gasteiger partial charge is 0.331 e. The Morgan fingerprint density at radius 1 is 1.58 bits per heavy atom. The molecular formula is C9H12O3. The van der Waals surface area contributed by atoms with Crippen molar-refractivity contribution in [1.82, 2.24) is 0 Å². The number of carbonyl (C=O) groups excluding carboxylic acids is 1. The average Bonchev–Trinajstić information content (AvgIpc) is 2.16. The topological polar surface area (TPSA) is 46.5 Å². The maximum atomic E-state index is 10.5. The number of ether oxygens (including phenoxy) is 1. The Balaban J connectivity index is 2.19. The molecule has 12 heavy (non-hydrogen) atoms. The Morgan fingerprint density at radius 2 is 2.42 bits per heavy atom. The minimum absolute atomic E-state index is 0.269. The summed E-state index contributed by atoms with van der Waals surface area (Å²) in [5.41, 5.74) is 0. The van der Waals surface area contributed by atoms with Gasteiger partial charge in [0.25, 0.3) is 0 Å². The van der Waals surface area contributed by atoms with Gasteiger partial charge in [0.05, 0.1) is 6.61 Å². The summed E-state index contributed by atoms with van der Waals surface area (Å²) in [4.78, 5) is 10.5. The number of aliphatic hydroxyl groups is 1. The minimum atomic E-state index is -0.557. The summed E-state index contributed by atoms with van der Waals surface area (Å²) in [6.45, 7) is -0.174. The van der Waals surface area contributed by atoms with Crippen LogP contribution in [0.25, 0.3) is 0 Å². The molecule has 0 saturated carbocycles. The van der Waals surface area contributed by atoms with Crippen LogP contribution < -0.4 is 0 Å². The maximum Gasteiger partial charge on any atom is 0.331 e. The fourth-order valence-electron chi connectivity index (χ4n) is 1.00. The van der Waals surface area contributed by atoms with E-state index in [1.54, 1.807) is 0 Å². The number of hydrogen-bond donors (Lipinski definition) is 1. The van der Waals surface area contributed by atoms with Crippen LogP contribution in [0.3, 0.4) is 0 Å². The standard InChI is InChI=1S/C9H12O3/c10-6-9(11)12-7-8-4-2-1-3-5-8/h1-4,8,10H,5-7H2. The highest BCUT2D eigenvalue weighted by atomic mass is 16.5. The summed E-state index contributed by atoms with van der Waals surface area (Å²) in [5, 5.41) is 8.36. The van der Waals surface area contributed by atoms with E-state index >= 15 is 0 Å². The molecular weight excluding hydrogens is 156 g/mol. The predicted octanol–water partition coefficient (Wildman–Crippen LogP) is 0.654. The van der Waals surface area contributed by atoms with Gasteiger partial charge in [-0.05, 0) is 6.42 Å². The van der Waals surface area contributed by atoms with Crippen LogP contribution in [0.2, 0.25) is 0 Å². The second-order valence-electron chi connectivity index (χ2n) is 2.65. The molecule has 0 spiro atoms. The lowest BCUT2D eigenvalue weighted by Gasteiger charge is -2.12. The molecule has 0 radical (unpaired) electrons. The van der Waals surface area contributed by atoms with Crippen LogP contribution in [-0.4, -0.2) is 24.3 Å².